The molecule has 0 saturated heterocycles. The van der Waals surface area contributed by atoms with Crippen molar-refractivity contribution in [2.45, 2.75) is 31.6 Å². The van der Waals surface area contributed by atoms with E-state index in [0.717, 1.165) is 17.3 Å². The van der Waals surface area contributed by atoms with Crippen LogP contribution in [0.1, 0.15) is 16.7 Å². The second-order valence-electron chi connectivity index (χ2n) is 7.79. The van der Waals surface area contributed by atoms with E-state index in [1.165, 1.54) is 37.4 Å². The maximum Gasteiger partial charge on any atom is 0.416 e. The van der Waals surface area contributed by atoms with Crippen molar-refractivity contribution in [3.05, 3.63) is 74.5 Å². The predicted octanol–water partition coefficient (Wildman–Crippen LogP) is 5.77. The van der Waals surface area contributed by atoms with Crippen molar-refractivity contribution >= 4 is 19.8 Å². The number of hydrogen-bond acceptors (Lipinski definition) is 4. The van der Waals surface area contributed by atoms with E-state index in [4.69, 9.17) is 9.47 Å². The molecule has 3 rings (SSSR count). The summed E-state index contributed by atoms with van der Waals surface area (Å²) in [6.45, 7) is 6.13. The van der Waals surface area contributed by atoms with Gasteiger partial charge in [0.05, 0.1) is 18.6 Å². The van der Waals surface area contributed by atoms with E-state index in [1.54, 1.807) is 6.08 Å². The molecular weight excluding hydrogens is 403 g/mol. The fourth-order valence-electron chi connectivity index (χ4n) is 3.39. The minimum atomic E-state index is -4.45. The maximum absolute atomic E-state index is 13.0. The van der Waals surface area contributed by atoms with Gasteiger partial charge in [0.2, 0.25) is 0 Å². The minimum Gasteiger partial charge on any atom is -0.454 e. The van der Waals surface area contributed by atoms with Gasteiger partial charge in [-0.15, -0.1) is 0 Å². The topological polar surface area (TPSA) is 61.6 Å². The first-order valence-corrected chi connectivity index (χ1v) is 12.3. The molecule has 0 radical (unpaired) electrons. The number of benzene rings is 2. The van der Waals surface area contributed by atoms with Gasteiger partial charge in [0.1, 0.15) is 5.75 Å². The largest absolute Gasteiger partial charge is 0.454 e. The number of alkyl halides is 3. The second-order valence-corrected chi connectivity index (χ2v) is 12.8. The summed E-state index contributed by atoms with van der Waals surface area (Å²) < 4.78 is 50.9. The SMILES string of the molecule is COC1(c2ccc(C(F)(F)F)cc2)Oc2ccc([N+](=O)[O-])cc2C=C1[Si](C)(C)C. The minimum absolute atomic E-state index is 0.0713. The molecule has 9 heteroatoms. The molecule has 29 heavy (non-hydrogen) atoms. The van der Waals surface area contributed by atoms with Crippen molar-refractivity contribution in [3.8, 4) is 5.75 Å². The molecule has 0 bridgehead atoms. The van der Waals surface area contributed by atoms with Crippen LogP contribution in [0.2, 0.25) is 19.6 Å². The van der Waals surface area contributed by atoms with E-state index in [1.807, 2.05) is 19.6 Å². The van der Waals surface area contributed by atoms with Gasteiger partial charge in [-0.05, 0) is 29.5 Å². The van der Waals surface area contributed by atoms with Crippen LogP contribution in [0.25, 0.3) is 6.08 Å². The van der Waals surface area contributed by atoms with E-state index in [0.29, 0.717) is 16.9 Å². The average molecular weight is 423 g/mol. The molecule has 0 aliphatic carbocycles. The van der Waals surface area contributed by atoms with Gasteiger partial charge in [-0.3, -0.25) is 10.1 Å². The molecule has 5 nitrogen and oxygen atoms in total. The van der Waals surface area contributed by atoms with Crippen LogP contribution < -0.4 is 4.74 Å². The lowest BCUT2D eigenvalue weighted by Crippen LogP contribution is -2.47. The van der Waals surface area contributed by atoms with Crippen LogP contribution in [-0.2, 0) is 16.7 Å². The van der Waals surface area contributed by atoms with E-state index >= 15 is 0 Å². The highest BCUT2D eigenvalue weighted by molar-refractivity contribution is 6.84. The van der Waals surface area contributed by atoms with Gasteiger partial charge in [0.15, 0.2) is 0 Å². The lowest BCUT2D eigenvalue weighted by atomic mass is 9.98. The summed E-state index contributed by atoms with van der Waals surface area (Å²) in [5, 5.41) is 11.9. The summed E-state index contributed by atoms with van der Waals surface area (Å²) in [5.41, 5.74) is 0.123. The maximum atomic E-state index is 13.0. The number of fused-ring (bicyclic) bond motifs is 1. The molecule has 1 aliphatic rings. The number of hydrogen-bond donors (Lipinski definition) is 0. The van der Waals surface area contributed by atoms with E-state index in [2.05, 4.69) is 0 Å². The van der Waals surface area contributed by atoms with E-state index in [9.17, 15) is 23.3 Å². The van der Waals surface area contributed by atoms with Crippen molar-refractivity contribution in [1.29, 1.82) is 0 Å². The Labute approximate surface area is 166 Å². The number of nitrogens with zero attached hydrogens (tertiary/aromatic N) is 1. The van der Waals surface area contributed by atoms with Crippen LogP contribution >= 0.6 is 0 Å². The Morgan fingerprint density at radius 1 is 1.10 bits per heavy atom. The Morgan fingerprint density at radius 2 is 1.72 bits per heavy atom. The predicted molar refractivity (Wildman–Crippen MR) is 105 cm³/mol. The van der Waals surface area contributed by atoms with Crippen LogP contribution in [0, 0.1) is 10.1 Å². The van der Waals surface area contributed by atoms with E-state index in [-0.39, 0.29) is 5.69 Å². The number of nitro groups is 1. The lowest BCUT2D eigenvalue weighted by molar-refractivity contribution is -0.384. The molecular formula is C20H20F3NO4Si. The van der Waals surface area contributed by atoms with Gasteiger partial charge in [0, 0.05) is 30.4 Å². The molecule has 0 saturated carbocycles. The number of halogens is 3. The van der Waals surface area contributed by atoms with Crippen LogP contribution in [0.15, 0.2) is 47.7 Å². The molecule has 0 aromatic heterocycles. The number of nitro benzene ring substituents is 1. The fourth-order valence-corrected chi connectivity index (χ4v) is 5.26. The molecule has 2 aromatic rings. The van der Waals surface area contributed by atoms with Crippen molar-refractivity contribution < 1.29 is 27.6 Å². The number of non-ortho nitro benzene ring substituents is 1. The molecule has 0 N–H and O–H groups in total. The zero-order chi connectivity index (χ0) is 21.6. The molecule has 0 spiro atoms. The molecule has 154 valence electrons. The van der Waals surface area contributed by atoms with Crippen LogP contribution in [-0.4, -0.2) is 20.1 Å². The van der Waals surface area contributed by atoms with Crippen LogP contribution in [0.5, 0.6) is 5.75 Å². The number of ether oxygens (including phenoxy) is 2. The molecule has 1 atom stereocenters. The Kier molecular flexibility index (Phi) is 5.08. The van der Waals surface area contributed by atoms with Crippen LogP contribution in [0.4, 0.5) is 18.9 Å². The Balaban J connectivity index is 2.19. The molecule has 1 aliphatic heterocycles. The second kappa shape index (κ2) is 6.99. The summed E-state index contributed by atoms with van der Waals surface area (Å²) in [7, 11) is -0.707. The smallest absolute Gasteiger partial charge is 0.416 e. The third-order valence-electron chi connectivity index (χ3n) is 4.80. The van der Waals surface area contributed by atoms with E-state index < -0.39 is 30.5 Å². The van der Waals surface area contributed by atoms with Crippen molar-refractivity contribution in [2.75, 3.05) is 7.11 Å². The van der Waals surface area contributed by atoms with Crippen LogP contribution in [0.3, 0.4) is 0 Å². The Bertz CT molecular complexity index is 981. The van der Waals surface area contributed by atoms with Gasteiger partial charge >= 0.3 is 6.18 Å². The number of rotatable bonds is 4. The van der Waals surface area contributed by atoms with Gasteiger partial charge in [-0.1, -0.05) is 31.8 Å². The first-order valence-electron chi connectivity index (χ1n) is 8.81. The molecule has 2 aromatic carbocycles. The molecule has 0 fully saturated rings. The third kappa shape index (κ3) is 3.79. The Hall–Kier alpha value is -2.65. The van der Waals surface area contributed by atoms with Gasteiger partial charge in [-0.25, -0.2) is 0 Å². The third-order valence-corrected chi connectivity index (χ3v) is 6.89. The first kappa shape index (κ1) is 21.1. The summed E-state index contributed by atoms with van der Waals surface area (Å²) in [6, 6.07) is 8.89. The molecule has 0 amide bonds. The summed E-state index contributed by atoms with van der Waals surface area (Å²) >= 11 is 0. The monoisotopic (exact) mass is 423 g/mol. The molecule has 1 heterocycles. The van der Waals surface area contributed by atoms with Crippen molar-refractivity contribution in [3.63, 3.8) is 0 Å². The summed E-state index contributed by atoms with van der Waals surface area (Å²) in [4.78, 5) is 10.6. The highest BCUT2D eigenvalue weighted by Gasteiger charge is 2.47. The first-order chi connectivity index (χ1) is 13.4. The van der Waals surface area contributed by atoms with Crippen molar-refractivity contribution in [1.82, 2.24) is 0 Å². The van der Waals surface area contributed by atoms with Gasteiger partial charge < -0.3 is 9.47 Å². The lowest BCUT2D eigenvalue weighted by Gasteiger charge is -2.43. The average Bonchev–Trinajstić information content (AvgIpc) is 2.65. The highest BCUT2D eigenvalue weighted by atomic mass is 28.3. The molecule has 1 unspecified atom stereocenters. The van der Waals surface area contributed by atoms with Gasteiger partial charge in [0.25, 0.3) is 11.5 Å². The highest BCUT2D eigenvalue weighted by Crippen LogP contribution is 2.47. The fraction of sp³-hybridized carbons (Fsp3) is 0.300. The normalized spacial score (nSPS) is 19.2. The number of methoxy groups -OCH3 is 1. The zero-order valence-corrected chi connectivity index (χ0v) is 17.3. The summed E-state index contributed by atoms with van der Waals surface area (Å²) in [6.07, 6.45) is -2.64. The Morgan fingerprint density at radius 3 is 2.21 bits per heavy atom. The standard InChI is InChI=1S/C20H20F3NO4Si/c1-27-19(14-5-7-15(8-6-14)20(21,22)23)18(29(2,3)4)12-13-11-16(24(25)26)9-10-17(13)28-19/h5-12H,1-4H3. The van der Waals surface area contributed by atoms with Crippen molar-refractivity contribution in [2.24, 2.45) is 0 Å². The quantitative estimate of drug-likeness (QED) is 0.356. The zero-order valence-electron chi connectivity index (χ0n) is 16.3. The summed E-state index contributed by atoms with van der Waals surface area (Å²) in [5.74, 6) is -1.04. The van der Waals surface area contributed by atoms with Gasteiger partial charge in [-0.2, -0.15) is 13.2 Å².